The molecule has 0 aliphatic carbocycles. The van der Waals surface area contributed by atoms with E-state index in [9.17, 15) is 4.21 Å². The van der Waals surface area contributed by atoms with Gasteiger partial charge >= 0.3 is 0 Å². The highest BCUT2D eigenvalue weighted by Gasteiger charge is 2.16. The predicted molar refractivity (Wildman–Crippen MR) is 151 cm³/mol. The molecule has 3 heterocycles. The fourth-order valence-electron chi connectivity index (χ4n) is 4.60. The van der Waals surface area contributed by atoms with Crippen LogP contribution in [-0.4, -0.2) is 71.4 Å². The first-order valence-electron chi connectivity index (χ1n) is 12.4. The summed E-state index contributed by atoms with van der Waals surface area (Å²) in [6.07, 6.45) is 5.55. The first-order chi connectivity index (χ1) is 18.1. The third-order valence-corrected chi connectivity index (χ3v) is 7.52. The maximum atomic E-state index is 12.5. The summed E-state index contributed by atoms with van der Waals surface area (Å²) in [4.78, 5) is 11.7. The molecule has 1 aliphatic rings. The Bertz CT molecular complexity index is 1350. The average molecular weight is 520 g/mol. The first kappa shape index (κ1) is 25.2. The molecule has 2 N–H and O–H groups in total. The molecule has 2 aromatic carbocycles. The van der Waals surface area contributed by atoms with Gasteiger partial charge in [0, 0.05) is 68.7 Å². The molecule has 5 rings (SSSR count). The van der Waals surface area contributed by atoms with Gasteiger partial charge in [0.15, 0.2) is 0 Å². The predicted octanol–water partition coefficient (Wildman–Crippen LogP) is 3.38. The minimum absolute atomic E-state index is 0.499. The maximum Gasteiger partial charge on any atom is 0.229 e. The molecule has 0 saturated carbocycles. The number of nitrogens with zero attached hydrogens (tertiary/aromatic N) is 5. The number of aromatic nitrogens is 3. The Labute approximate surface area is 220 Å². The third kappa shape index (κ3) is 5.93. The number of hydrogen-bond donors (Lipinski definition) is 2. The Morgan fingerprint density at radius 1 is 1.11 bits per heavy atom. The molecule has 2 aromatic heterocycles. The van der Waals surface area contributed by atoms with Crippen molar-refractivity contribution in [3.05, 3.63) is 72.6 Å². The Kier molecular flexibility index (Phi) is 7.98. The highest BCUT2D eigenvalue weighted by Crippen LogP contribution is 2.25. The van der Waals surface area contributed by atoms with Crippen molar-refractivity contribution in [3.8, 4) is 0 Å². The minimum Gasteiger partial charge on any atom is -0.383 e. The van der Waals surface area contributed by atoms with Crippen LogP contribution in [0.4, 0.5) is 23.0 Å². The number of piperazine rings is 1. The van der Waals surface area contributed by atoms with E-state index in [2.05, 4.69) is 55.4 Å². The molecule has 0 spiro atoms. The molecular formula is C27H33N7O2S. The van der Waals surface area contributed by atoms with Crippen LogP contribution in [0, 0.1) is 0 Å². The van der Waals surface area contributed by atoms with Crippen molar-refractivity contribution in [2.24, 2.45) is 0 Å². The van der Waals surface area contributed by atoms with Gasteiger partial charge in [-0.2, -0.15) is 4.98 Å². The van der Waals surface area contributed by atoms with Crippen molar-refractivity contribution >= 4 is 45.0 Å². The number of hydrogen-bond acceptors (Lipinski definition) is 7. The van der Waals surface area contributed by atoms with E-state index in [1.165, 1.54) is 5.69 Å². The molecular weight excluding hydrogens is 486 g/mol. The molecule has 9 nitrogen and oxygen atoms in total. The molecule has 194 valence electrons. The van der Waals surface area contributed by atoms with Crippen molar-refractivity contribution in [3.63, 3.8) is 0 Å². The van der Waals surface area contributed by atoms with Gasteiger partial charge in [0.2, 0.25) is 5.95 Å². The van der Waals surface area contributed by atoms with Gasteiger partial charge in [-0.3, -0.25) is 4.31 Å². The van der Waals surface area contributed by atoms with Crippen LogP contribution in [0.25, 0.3) is 11.0 Å². The lowest BCUT2D eigenvalue weighted by Gasteiger charge is -2.29. The monoisotopic (exact) mass is 519 g/mol. The van der Waals surface area contributed by atoms with Crippen LogP contribution in [0.3, 0.4) is 0 Å². The molecule has 4 aromatic rings. The smallest absolute Gasteiger partial charge is 0.229 e. The van der Waals surface area contributed by atoms with Crippen LogP contribution in [0.2, 0.25) is 0 Å². The van der Waals surface area contributed by atoms with Crippen LogP contribution in [0.1, 0.15) is 5.56 Å². The number of para-hydroxylation sites is 1. The van der Waals surface area contributed by atoms with Gasteiger partial charge in [0.05, 0.1) is 25.4 Å². The number of ether oxygens (including phenoxy) is 1. The Morgan fingerprint density at radius 3 is 2.65 bits per heavy atom. The molecule has 1 saturated heterocycles. The van der Waals surface area contributed by atoms with Gasteiger partial charge in [-0.1, -0.05) is 18.2 Å². The summed E-state index contributed by atoms with van der Waals surface area (Å²) in [5.74, 6) is 0.548. The summed E-state index contributed by atoms with van der Waals surface area (Å²) in [6.45, 7) is 5.71. The molecule has 0 bridgehead atoms. The summed E-state index contributed by atoms with van der Waals surface area (Å²) >= 11 is 0. The normalized spacial score (nSPS) is 14.6. The summed E-state index contributed by atoms with van der Waals surface area (Å²) in [5, 5.41) is 7.70. The highest BCUT2D eigenvalue weighted by atomic mass is 32.2. The number of anilines is 4. The Morgan fingerprint density at radius 2 is 1.89 bits per heavy atom. The Balaban J connectivity index is 1.36. The maximum absolute atomic E-state index is 12.5. The van der Waals surface area contributed by atoms with Gasteiger partial charge in [-0.25, -0.2) is 9.19 Å². The summed E-state index contributed by atoms with van der Waals surface area (Å²) in [7, 11) is 0.484. The van der Waals surface area contributed by atoms with Gasteiger partial charge < -0.3 is 24.8 Å². The van der Waals surface area contributed by atoms with Crippen molar-refractivity contribution in [1.82, 2.24) is 19.9 Å². The topological polar surface area (TPSA) is 87.6 Å². The molecule has 37 heavy (non-hydrogen) atoms. The molecule has 1 fully saturated rings. The minimum atomic E-state index is -1.17. The lowest BCUT2D eigenvalue weighted by atomic mass is 10.1. The van der Waals surface area contributed by atoms with Gasteiger partial charge in [0.1, 0.15) is 16.6 Å². The zero-order chi connectivity index (χ0) is 25.6. The van der Waals surface area contributed by atoms with E-state index >= 15 is 0 Å². The zero-order valence-electron chi connectivity index (χ0n) is 21.3. The molecule has 10 heteroatoms. The van der Waals surface area contributed by atoms with E-state index in [1.54, 1.807) is 13.4 Å². The lowest BCUT2D eigenvalue weighted by Crippen LogP contribution is -2.43. The van der Waals surface area contributed by atoms with Crippen LogP contribution in [0.5, 0.6) is 0 Å². The van der Waals surface area contributed by atoms with E-state index in [4.69, 9.17) is 9.72 Å². The van der Waals surface area contributed by atoms with Crippen molar-refractivity contribution in [2.45, 2.75) is 6.54 Å². The van der Waals surface area contributed by atoms with Gasteiger partial charge in [-0.15, -0.1) is 0 Å². The molecule has 1 atom stereocenters. The van der Waals surface area contributed by atoms with Crippen LogP contribution < -0.4 is 19.8 Å². The third-order valence-electron chi connectivity index (χ3n) is 6.52. The second-order valence-electron chi connectivity index (χ2n) is 8.97. The second kappa shape index (κ2) is 11.7. The average Bonchev–Trinajstić information content (AvgIpc) is 3.32. The molecule has 1 aliphatic heterocycles. The SMILES string of the molecule is COCCN(c1ccccc1Cn1ccc2cnc(Nc3ccc(N4CCNCC4)cc3)nc21)S(C)=O. The summed E-state index contributed by atoms with van der Waals surface area (Å²) in [6, 6.07) is 18.5. The standard InChI is InChI=1S/C27H33N7O2S/c1-36-18-17-34(37(2)35)25-6-4-3-5-22(25)20-33-14-11-21-19-29-27(31-26(21)33)30-23-7-9-24(10-8-23)32-15-12-28-13-16-32/h3-11,14,19,28H,12-13,15-18,20H2,1-2H3,(H,29,30,31). The number of methoxy groups -OCH3 is 1. The quantitative estimate of drug-likeness (QED) is 0.332. The van der Waals surface area contributed by atoms with E-state index in [-0.39, 0.29) is 0 Å². The van der Waals surface area contributed by atoms with Crippen LogP contribution in [-0.2, 0) is 22.3 Å². The first-order valence-corrected chi connectivity index (χ1v) is 14.0. The molecule has 0 radical (unpaired) electrons. The van der Waals surface area contributed by atoms with Gasteiger partial charge in [-0.05, 0) is 42.0 Å². The summed E-state index contributed by atoms with van der Waals surface area (Å²) < 4.78 is 21.7. The number of nitrogens with one attached hydrogen (secondary N) is 2. The number of benzene rings is 2. The Hall–Kier alpha value is -3.47. The van der Waals surface area contributed by atoms with Crippen LogP contribution in [0.15, 0.2) is 67.0 Å². The number of rotatable bonds is 10. The van der Waals surface area contributed by atoms with E-state index < -0.39 is 11.0 Å². The summed E-state index contributed by atoms with van der Waals surface area (Å²) in [5.41, 5.74) is 5.00. The van der Waals surface area contributed by atoms with E-state index in [0.717, 1.165) is 54.2 Å². The van der Waals surface area contributed by atoms with E-state index in [0.29, 0.717) is 25.6 Å². The molecule has 1 unspecified atom stereocenters. The van der Waals surface area contributed by atoms with Crippen molar-refractivity contribution < 1.29 is 8.95 Å². The second-order valence-corrected chi connectivity index (χ2v) is 10.3. The fraction of sp³-hybridized carbons (Fsp3) is 0.333. The van der Waals surface area contributed by atoms with E-state index in [1.807, 2.05) is 41.0 Å². The van der Waals surface area contributed by atoms with Crippen LogP contribution >= 0.6 is 0 Å². The fourth-order valence-corrected chi connectivity index (χ4v) is 5.39. The van der Waals surface area contributed by atoms with Crippen molar-refractivity contribution in [1.29, 1.82) is 0 Å². The largest absolute Gasteiger partial charge is 0.383 e. The molecule has 0 amide bonds. The number of fused-ring (bicyclic) bond motifs is 1. The highest BCUT2D eigenvalue weighted by molar-refractivity contribution is 7.85. The lowest BCUT2D eigenvalue weighted by molar-refractivity contribution is 0.208. The van der Waals surface area contributed by atoms with Crippen molar-refractivity contribution in [2.75, 3.05) is 67.2 Å². The van der Waals surface area contributed by atoms with Gasteiger partial charge in [0.25, 0.3) is 0 Å². The zero-order valence-corrected chi connectivity index (χ0v) is 22.1.